The molecule has 5 N–H and O–H groups in total. The molecule has 0 heterocycles. The van der Waals surface area contributed by atoms with Crippen molar-refractivity contribution in [2.45, 2.75) is 122 Å². The Morgan fingerprint density at radius 2 is 1.47 bits per heavy atom. The fourth-order valence-electron chi connectivity index (χ4n) is 4.82. The summed E-state index contributed by atoms with van der Waals surface area (Å²) in [5, 5.41) is 42.6. The summed E-state index contributed by atoms with van der Waals surface area (Å²) >= 11 is 0. The van der Waals surface area contributed by atoms with Crippen LogP contribution in [-0.2, 0) is 35.1 Å². The molecule has 0 aliphatic heterocycles. The minimum Gasteiger partial charge on any atom is -0.508 e. The van der Waals surface area contributed by atoms with E-state index in [0.717, 1.165) is 38.5 Å². The Kier molecular flexibility index (Phi) is 19.1. The van der Waals surface area contributed by atoms with Gasteiger partial charge in [0.25, 0.3) is 0 Å². The molecule has 0 bridgehead atoms. The summed E-state index contributed by atoms with van der Waals surface area (Å²) in [5.74, 6) is -6.88. The number of nitrogens with one attached hydrogen (secondary N) is 1. The van der Waals surface area contributed by atoms with E-state index in [1.165, 1.54) is 49.3 Å². The van der Waals surface area contributed by atoms with Crippen LogP contribution in [0.25, 0.3) is 0 Å². The number of carbonyl (C=O) groups excluding carboxylic acids is 3. The van der Waals surface area contributed by atoms with E-state index < -0.39 is 47.8 Å². The number of aliphatic hydroxyl groups is 1. The highest BCUT2D eigenvalue weighted by atomic mass is 16.5. The van der Waals surface area contributed by atoms with Gasteiger partial charge in [-0.1, -0.05) is 76.7 Å². The van der Waals surface area contributed by atoms with Crippen LogP contribution in [0.3, 0.4) is 0 Å². The van der Waals surface area contributed by atoms with E-state index in [-0.39, 0.29) is 24.6 Å². The Labute approximate surface area is 266 Å². The number of ketones is 1. The Balaban J connectivity index is 2.89. The van der Waals surface area contributed by atoms with Crippen LogP contribution in [0.4, 0.5) is 0 Å². The second kappa shape index (κ2) is 21.9. The van der Waals surface area contributed by atoms with Crippen molar-refractivity contribution in [1.82, 2.24) is 5.32 Å². The molecule has 0 fully saturated rings. The standard InChI is InChI=1S/C34H51NO10/c1-3-5-6-9-12-15-26(36)16-13-10-7-8-11-14-17-28(34(44,33(42)43)24-30(38)45-22-4-2)31(39)35-29(32(40)41)23-25-18-20-27(37)21-19-25/h14,17-21,28-29,37,44H,3-13,15-16,22-24H2,1-2H3,(H,35,39)(H,40,41)(H,42,43)/b17-14+/t28-,29+,34+/m1/s1. The van der Waals surface area contributed by atoms with Gasteiger partial charge in [0.1, 0.15) is 17.6 Å². The van der Waals surface area contributed by atoms with E-state index in [1.807, 2.05) is 0 Å². The summed E-state index contributed by atoms with van der Waals surface area (Å²) in [7, 11) is 0. The van der Waals surface area contributed by atoms with Crippen LogP contribution in [0.1, 0.15) is 109 Å². The number of Topliss-reactive ketones (excluding diaryl/α,β-unsaturated/α-hetero) is 1. The fourth-order valence-corrected chi connectivity index (χ4v) is 4.82. The van der Waals surface area contributed by atoms with Gasteiger partial charge in [-0.15, -0.1) is 0 Å². The monoisotopic (exact) mass is 633 g/mol. The molecule has 0 saturated heterocycles. The number of carbonyl (C=O) groups is 5. The number of hydrogen-bond donors (Lipinski definition) is 5. The van der Waals surface area contributed by atoms with Crippen molar-refractivity contribution in [3.63, 3.8) is 0 Å². The maximum absolute atomic E-state index is 13.4. The van der Waals surface area contributed by atoms with Crippen LogP contribution >= 0.6 is 0 Å². The van der Waals surface area contributed by atoms with E-state index in [9.17, 15) is 44.4 Å². The number of esters is 1. The Hall–Kier alpha value is -3.73. The van der Waals surface area contributed by atoms with Gasteiger partial charge in [-0.2, -0.15) is 0 Å². The minimum absolute atomic E-state index is 0.000487. The Morgan fingerprint density at radius 3 is 2.02 bits per heavy atom. The van der Waals surface area contributed by atoms with Gasteiger partial charge in [-0.05, 0) is 49.8 Å². The number of unbranched alkanes of at least 4 members (excludes halogenated alkanes) is 8. The van der Waals surface area contributed by atoms with Crippen molar-refractivity contribution in [3.8, 4) is 5.75 Å². The molecular formula is C34H51NO10. The molecular weight excluding hydrogens is 582 g/mol. The van der Waals surface area contributed by atoms with Crippen LogP contribution in [0.5, 0.6) is 5.75 Å². The third-order valence-electron chi connectivity index (χ3n) is 7.50. The van der Waals surface area contributed by atoms with Crippen molar-refractivity contribution in [3.05, 3.63) is 42.0 Å². The lowest BCUT2D eigenvalue weighted by Crippen LogP contribution is -2.55. The summed E-state index contributed by atoms with van der Waals surface area (Å²) in [6, 6.07) is 4.20. The zero-order valence-corrected chi connectivity index (χ0v) is 26.7. The van der Waals surface area contributed by atoms with Crippen LogP contribution in [0.2, 0.25) is 0 Å². The van der Waals surface area contributed by atoms with E-state index in [1.54, 1.807) is 6.92 Å². The van der Waals surface area contributed by atoms with E-state index in [4.69, 9.17) is 4.74 Å². The molecule has 1 amide bonds. The highest BCUT2D eigenvalue weighted by Gasteiger charge is 2.49. The Morgan fingerprint density at radius 1 is 0.867 bits per heavy atom. The molecule has 0 radical (unpaired) electrons. The summed E-state index contributed by atoms with van der Waals surface area (Å²) in [5.41, 5.74) is -2.41. The number of aromatic hydroxyl groups is 1. The van der Waals surface area contributed by atoms with Crippen LogP contribution < -0.4 is 5.32 Å². The van der Waals surface area contributed by atoms with Crippen LogP contribution in [0.15, 0.2) is 36.4 Å². The molecule has 0 saturated carbocycles. The number of hydrogen-bond acceptors (Lipinski definition) is 8. The molecule has 1 aromatic rings. The molecule has 11 nitrogen and oxygen atoms in total. The van der Waals surface area contributed by atoms with Gasteiger partial charge in [0.2, 0.25) is 5.91 Å². The number of benzene rings is 1. The first-order valence-corrected chi connectivity index (χ1v) is 16.0. The number of phenols is 1. The number of rotatable bonds is 25. The molecule has 0 spiro atoms. The van der Waals surface area contributed by atoms with Crippen molar-refractivity contribution in [2.24, 2.45) is 5.92 Å². The molecule has 3 atom stereocenters. The smallest absolute Gasteiger partial charge is 0.337 e. The van der Waals surface area contributed by atoms with Gasteiger partial charge in [0.05, 0.1) is 18.9 Å². The van der Waals surface area contributed by atoms with Crippen LogP contribution in [-0.4, -0.2) is 68.3 Å². The predicted molar refractivity (Wildman–Crippen MR) is 169 cm³/mol. The summed E-state index contributed by atoms with van der Waals surface area (Å²) in [4.78, 5) is 62.0. The predicted octanol–water partition coefficient (Wildman–Crippen LogP) is 5.11. The average Bonchev–Trinajstić information content (AvgIpc) is 2.99. The lowest BCUT2D eigenvalue weighted by Gasteiger charge is -2.30. The van der Waals surface area contributed by atoms with E-state index in [2.05, 4.69) is 12.2 Å². The number of phenolic OH excluding ortho intramolecular Hbond substituents is 1. The summed E-state index contributed by atoms with van der Waals surface area (Å²) in [6.07, 6.45) is 12.2. The molecule has 45 heavy (non-hydrogen) atoms. The largest absolute Gasteiger partial charge is 0.508 e. The van der Waals surface area contributed by atoms with E-state index in [0.29, 0.717) is 37.7 Å². The number of allylic oxidation sites excluding steroid dienone is 1. The first kappa shape index (κ1) is 39.3. The van der Waals surface area contributed by atoms with Gasteiger partial charge in [0, 0.05) is 19.3 Å². The fraction of sp³-hybridized carbons (Fsp3) is 0.618. The average molecular weight is 634 g/mol. The summed E-state index contributed by atoms with van der Waals surface area (Å²) in [6.45, 7) is 3.89. The third kappa shape index (κ3) is 15.7. The topological polar surface area (TPSA) is 188 Å². The van der Waals surface area contributed by atoms with E-state index >= 15 is 0 Å². The van der Waals surface area contributed by atoms with Gasteiger partial charge in [0.15, 0.2) is 5.60 Å². The molecule has 0 unspecified atom stereocenters. The molecule has 1 aromatic carbocycles. The normalized spacial score (nSPS) is 13.9. The third-order valence-corrected chi connectivity index (χ3v) is 7.50. The van der Waals surface area contributed by atoms with Crippen molar-refractivity contribution in [1.29, 1.82) is 0 Å². The molecule has 0 aliphatic carbocycles. The number of ether oxygens (including phenoxy) is 1. The highest BCUT2D eigenvalue weighted by molar-refractivity contribution is 5.94. The number of amides is 1. The van der Waals surface area contributed by atoms with Crippen molar-refractivity contribution < 1.29 is 49.1 Å². The minimum atomic E-state index is -2.90. The maximum Gasteiger partial charge on any atom is 0.337 e. The lowest BCUT2D eigenvalue weighted by atomic mass is 9.82. The second-order valence-electron chi connectivity index (χ2n) is 11.5. The van der Waals surface area contributed by atoms with Crippen LogP contribution in [0, 0.1) is 5.92 Å². The quantitative estimate of drug-likeness (QED) is 0.0550. The van der Waals surface area contributed by atoms with Gasteiger partial charge in [-0.25, -0.2) is 9.59 Å². The van der Waals surface area contributed by atoms with Crippen molar-refractivity contribution in [2.75, 3.05) is 6.61 Å². The Bertz CT molecular complexity index is 1100. The maximum atomic E-state index is 13.4. The highest BCUT2D eigenvalue weighted by Crippen LogP contribution is 2.26. The molecule has 0 aliphatic rings. The first-order chi connectivity index (χ1) is 21.4. The first-order valence-electron chi connectivity index (χ1n) is 16.0. The number of carboxylic acids is 2. The SMILES string of the molecule is CCCCCCCC(=O)CCCCCC/C=C/[C@H](C(=O)N[C@@H](Cc1ccc(O)cc1)C(=O)O)[C@@](O)(CC(=O)OCCC)C(=O)O. The summed E-state index contributed by atoms with van der Waals surface area (Å²) < 4.78 is 4.95. The number of aliphatic carboxylic acids is 2. The molecule has 11 heteroatoms. The zero-order valence-electron chi connectivity index (χ0n) is 26.7. The zero-order chi connectivity index (χ0) is 33.7. The molecule has 0 aromatic heterocycles. The van der Waals surface area contributed by atoms with Crippen molar-refractivity contribution >= 4 is 29.6 Å². The molecule has 1 rings (SSSR count). The molecule has 252 valence electrons. The van der Waals surface area contributed by atoms with Gasteiger partial charge in [-0.3, -0.25) is 14.4 Å². The van der Waals surface area contributed by atoms with Gasteiger partial charge < -0.3 is 30.5 Å². The number of carboxylic acid groups (broad SMARTS) is 2. The second-order valence-corrected chi connectivity index (χ2v) is 11.5. The van der Waals surface area contributed by atoms with Gasteiger partial charge >= 0.3 is 17.9 Å². The lowest BCUT2D eigenvalue weighted by molar-refractivity contribution is -0.174.